The molecule has 1 aromatic heterocycles. The molecule has 0 radical (unpaired) electrons. The molecule has 2 aromatic rings. The molecular weight excluding hydrogens is 349 g/mol. The fourth-order valence-electron chi connectivity index (χ4n) is 1.62. The van der Waals surface area contributed by atoms with Crippen molar-refractivity contribution in [3.63, 3.8) is 0 Å². The highest BCUT2D eigenvalue weighted by Gasteiger charge is 2.20. The number of aryl methyl sites for hydroxylation is 1. The molecule has 1 N–H and O–H groups in total. The molecule has 0 aliphatic heterocycles. The average Bonchev–Trinajstić information content (AvgIpc) is 2.80. The third-order valence-corrected chi connectivity index (χ3v) is 5.27. The number of thioether (sulfide) groups is 1. The maximum absolute atomic E-state index is 12.3. The Kier molecular flexibility index (Phi) is 5.87. The topological polar surface area (TPSA) is 54.9 Å². The number of nitrogens with zero attached hydrogens (tertiary/aromatic N) is 2. The van der Waals surface area contributed by atoms with E-state index in [2.05, 4.69) is 15.5 Å². The van der Waals surface area contributed by atoms with Gasteiger partial charge in [0.2, 0.25) is 5.91 Å². The van der Waals surface area contributed by atoms with Crippen molar-refractivity contribution in [1.29, 1.82) is 0 Å². The van der Waals surface area contributed by atoms with Crippen molar-refractivity contribution in [3.8, 4) is 0 Å². The SMILES string of the molecule is CCC(Sc1nnc(C)s1)C(=O)Nc1cc(Cl)cc(Cl)c1. The maximum atomic E-state index is 12.3. The lowest BCUT2D eigenvalue weighted by Crippen LogP contribution is -2.24. The predicted octanol–water partition coefficient (Wildman–Crippen LogP) is 4.66. The molecule has 1 atom stereocenters. The minimum Gasteiger partial charge on any atom is -0.325 e. The summed E-state index contributed by atoms with van der Waals surface area (Å²) in [4.78, 5) is 12.3. The molecule has 21 heavy (non-hydrogen) atoms. The van der Waals surface area contributed by atoms with Crippen LogP contribution in [0.5, 0.6) is 0 Å². The number of rotatable bonds is 5. The Hall–Kier alpha value is -0.820. The number of nitrogens with one attached hydrogen (secondary N) is 1. The van der Waals surface area contributed by atoms with E-state index in [9.17, 15) is 4.79 Å². The van der Waals surface area contributed by atoms with Crippen molar-refractivity contribution >= 4 is 57.9 Å². The summed E-state index contributed by atoms with van der Waals surface area (Å²) < 4.78 is 0.790. The summed E-state index contributed by atoms with van der Waals surface area (Å²) >= 11 is 14.7. The molecule has 1 heterocycles. The van der Waals surface area contributed by atoms with E-state index in [0.717, 1.165) is 9.35 Å². The van der Waals surface area contributed by atoms with Crippen LogP contribution in [0.1, 0.15) is 18.4 Å². The normalized spacial score (nSPS) is 12.2. The Labute approximate surface area is 141 Å². The van der Waals surface area contributed by atoms with Gasteiger partial charge in [-0.15, -0.1) is 10.2 Å². The first kappa shape index (κ1) is 16.5. The van der Waals surface area contributed by atoms with Gasteiger partial charge >= 0.3 is 0 Å². The van der Waals surface area contributed by atoms with E-state index < -0.39 is 0 Å². The maximum Gasteiger partial charge on any atom is 0.237 e. The smallest absolute Gasteiger partial charge is 0.237 e. The molecule has 0 aliphatic carbocycles. The molecule has 2 rings (SSSR count). The summed E-state index contributed by atoms with van der Waals surface area (Å²) in [5.41, 5.74) is 0.588. The van der Waals surface area contributed by atoms with E-state index in [1.807, 2.05) is 13.8 Å². The van der Waals surface area contributed by atoms with Crippen molar-refractivity contribution in [2.45, 2.75) is 29.9 Å². The standard InChI is InChI=1S/C13H13Cl2N3OS2/c1-3-11(21-13-18-17-7(2)20-13)12(19)16-10-5-8(14)4-9(15)6-10/h4-6,11H,3H2,1-2H3,(H,16,19). The van der Waals surface area contributed by atoms with Crippen molar-refractivity contribution in [2.24, 2.45) is 0 Å². The molecule has 1 unspecified atom stereocenters. The van der Waals surface area contributed by atoms with Crippen LogP contribution in [0, 0.1) is 6.92 Å². The molecule has 0 fully saturated rings. The third kappa shape index (κ3) is 4.85. The summed E-state index contributed by atoms with van der Waals surface area (Å²) in [7, 11) is 0. The van der Waals surface area contributed by atoms with Crippen LogP contribution in [0.25, 0.3) is 0 Å². The van der Waals surface area contributed by atoms with Crippen LogP contribution < -0.4 is 5.32 Å². The van der Waals surface area contributed by atoms with Crippen LogP contribution in [0.3, 0.4) is 0 Å². The summed E-state index contributed by atoms with van der Waals surface area (Å²) in [5.74, 6) is -0.103. The Morgan fingerprint density at radius 3 is 2.52 bits per heavy atom. The van der Waals surface area contributed by atoms with Crippen molar-refractivity contribution in [3.05, 3.63) is 33.3 Å². The van der Waals surface area contributed by atoms with Crippen molar-refractivity contribution < 1.29 is 4.79 Å². The average molecular weight is 362 g/mol. The van der Waals surface area contributed by atoms with Gasteiger partial charge in [0.1, 0.15) is 5.01 Å². The summed E-state index contributed by atoms with van der Waals surface area (Å²) in [6.07, 6.45) is 0.684. The quantitative estimate of drug-likeness (QED) is 0.786. The fourth-order valence-corrected chi connectivity index (χ4v) is 4.13. The molecule has 0 bridgehead atoms. The van der Waals surface area contributed by atoms with Crippen LogP contribution in [-0.2, 0) is 4.79 Å². The van der Waals surface area contributed by atoms with E-state index in [1.165, 1.54) is 23.1 Å². The van der Waals surface area contributed by atoms with Crippen molar-refractivity contribution in [2.75, 3.05) is 5.32 Å². The molecule has 4 nitrogen and oxygen atoms in total. The van der Waals surface area contributed by atoms with Gasteiger partial charge in [0.15, 0.2) is 4.34 Å². The molecule has 8 heteroatoms. The lowest BCUT2D eigenvalue weighted by molar-refractivity contribution is -0.115. The van der Waals surface area contributed by atoms with Gasteiger partial charge in [0.05, 0.1) is 5.25 Å². The van der Waals surface area contributed by atoms with E-state index in [0.29, 0.717) is 22.2 Å². The Bertz CT molecular complexity index is 628. The Morgan fingerprint density at radius 2 is 2.00 bits per heavy atom. The highest BCUT2D eigenvalue weighted by molar-refractivity contribution is 8.02. The number of amides is 1. The van der Waals surface area contributed by atoms with E-state index >= 15 is 0 Å². The molecule has 0 saturated heterocycles. The van der Waals surface area contributed by atoms with Crippen LogP contribution in [-0.4, -0.2) is 21.4 Å². The molecule has 0 saturated carbocycles. The zero-order valence-corrected chi connectivity index (χ0v) is 14.5. The number of hydrogen-bond donors (Lipinski definition) is 1. The largest absolute Gasteiger partial charge is 0.325 e. The van der Waals surface area contributed by atoms with Crippen LogP contribution in [0.15, 0.2) is 22.5 Å². The molecule has 1 amide bonds. The second-order valence-corrected chi connectivity index (χ2v) is 7.75. The first-order chi connectivity index (χ1) is 9.97. The molecule has 1 aromatic carbocycles. The first-order valence-electron chi connectivity index (χ1n) is 6.21. The highest BCUT2D eigenvalue weighted by Crippen LogP contribution is 2.29. The number of anilines is 1. The van der Waals surface area contributed by atoms with Gasteiger partial charge in [-0.25, -0.2) is 0 Å². The number of halogens is 2. The van der Waals surface area contributed by atoms with E-state index in [4.69, 9.17) is 23.2 Å². The van der Waals surface area contributed by atoms with Crippen molar-refractivity contribution in [1.82, 2.24) is 10.2 Å². The van der Waals surface area contributed by atoms with Gasteiger partial charge in [-0.2, -0.15) is 0 Å². The monoisotopic (exact) mass is 361 g/mol. The van der Waals surface area contributed by atoms with Gasteiger partial charge in [-0.3, -0.25) is 4.79 Å². The minimum absolute atomic E-state index is 0.103. The number of carbonyl (C=O) groups excluding carboxylic acids is 1. The highest BCUT2D eigenvalue weighted by atomic mass is 35.5. The van der Waals surface area contributed by atoms with Crippen LogP contribution >= 0.6 is 46.3 Å². The lowest BCUT2D eigenvalue weighted by Gasteiger charge is -2.13. The molecular formula is C13H13Cl2N3OS2. The zero-order valence-electron chi connectivity index (χ0n) is 11.4. The summed E-state index contributed by atoms with van der Waals surface area (Å²) in [6.45, 7) is 3.84. The number of hydrogen-bond acceptors (Lipinski definition) is 5. The first-order valence-corrected chi connectivity index (χ1v) is 8.67. The summed E-state index contributed by atoms with van der Waals surface area (Å²) in [5, 5.41) is 12.4. The van der Waals surface area contributed by atoms with Gasteiger partial charge < -0.3 is 5.32 Å². The van der Waals surface area contributed by atoms with Gasteiger partial charge in [0.25, 0.3) is 0 Å². The minimum atomic E-state index is -0.241. The van der Waals surface area contributed by atoms with Gasteiger partial charge in [-0.1, -0.05) is 53.2 Å². The Balaban J connectivity index is 2.05. The summed E-state index contributed by atoms with van der Waals surface area (Å²) in [6, 6.07) is 4.95. The molecule has 112 valence electrons. The molecule has 0 aliphatic rings. The van der Waals surface area contributed by atoms with Gasteiger partial charge in [-0.05, 0) is 31.5 Å². The Morgan fingerprint density at radius 1 is 1.33 bits per heavy atom. The zero-order chi connectivity index (χ0) is 15.4. The van der Waals surface area contributed by atoms with Crippen LogP contribution in [0.4, 0.5) is 5.69 Å². The second kappa shape index (κ2) is 7.45. The number of benzene rings is 1. The lowest BCUT2D eigenvalue weighted by atomic mass is 10.2. The second-order valence-electron chi connectivity index (χ2n) is 4.25. The third-order valence-electron chi connectivity index (χ3n) is 2.54. The number of carbonyl (C=O) groups is 1. The predicted molar refractivity (Wildman–Crippen MR) is 89.7 cm³/mol. The fraction of sp³-hybridized carbons (Fsp3) is 0.308. The number of aromatic nitrogens is 2. The van der Waals surface area contributed by atoms with Gasteiger partial charge in [0, 0.05) is 15.7 Å². The van der Waals surface area contributed by atoms with E-state index in [-0.39, 0.29) is 11.2 Å². The van der Waals surface area contributed by atoms with Crippen LogP contribution in [0.2, 0.25) is 10.0 Å². The van der Waals surface area contributed by atoms with E-state index in [1.54, 1.807) is 18.2 Å². The molecule has 0 spiro atoms.